The Morgan fingerprint density at radius 1 is 1.12 bits per heavy atom. The van der Waals surface area contributed by atoms with Crippen LogP contribution in [0.4, 0.5) is 0 Å². The Morgan fingerprint density at radius 3 is 2.81 bits per heavy atom. The summed E-state index contributed by atoms with van der Waals surface area (Å²) in [5.41, 5.74) is 8.45. The minimum absolute atomic E-state index is 0.0855. The Kier molecular flexibility index (Phi) is 4.50. The van der Waals surface area contributed by atoms with Gasteiger partial charge in [0, 0.05) is 23.6 Å². The summed E-state index contributed by atoms with van der Waals surface area (Å²) in [5.74, 6) is -0.164. The summed E-state index contributed by atoms with van der Waals surface area (Å²) in [4.78, 5) is 30.0. The van der Waals surface area contributed by atoms with Crippen molar-refractivity contribution in [1.29, 1.82) is 0 Å². The molecule has 2 heterocycles. The van der Waals surface area contributed by atoms with Gasteiger partial charge < -0.3 is 5.43 Å². The van der Waals surface area contributed by atoms with Crippen molar-refractivity contribution in [2.45, 2.75) is 19.3 Å². The number of hydrogen-bond acceptors (Lipinski definition) is 5. The van der Waals surface area contributed by atoms with Crippen LogP contribution in [0.5, 0.6) is 0 Å². The highest BCUT2D eigenvalue weighted by atomic mass is 32.1. The van der Waals surface area contributed by atoms with E-state index in [1.807, 2.05) is 47.8 Å². The van der Waals surface area contributed by atoms with Gasteiger partial charge in [0.2, 0.25) is 0 Å². The molecule has 130 valence electrons. The van der Waals surface area contributed by atoms with E-state index in [0.717, 1.165) is 40.0 Å². The van der Waals surface area contributed by atoms with Crippen molar-refractivity contribution in [2.24, 2.45) is 0 Å². The van der Waals surface area contributed by atoms with Crippen molar-refractivity contribution in [3.63, 3.8) is 0 Å². The predicted molar refractivity (Wildman–Crippen MR) is 103 cm³/mol. The number of carbonyl (C=O) groups is 2. The van der Waals surface area contributed by atoms with Gasteiger partial charge >= 0.3 is 0 Å². The number of carbonyl (C=O) groups excluding carboxylic acids is 2. The van der Waals surface area contributed by atoms with Gasteiger partial charge in [-0.25, -0.2) is 4.98 Å². The van der Waals surface area contributed by atoms with E-state index >= 15 is 0 Å². The number of fused-ring (bicyclic) bond motifs is 1. The summed E-state index contributed by atoms with van der Waals surface area (Å²) in [5, 5.41) is 2.78. The first-order valence-electron chi connectivity index (χ1n) is 8.44. The molecule has 26 heavy (non-hydrogen) atoms. The maximum Gasteiger partial charge on any atom is 0.270 e. The fourth-order valence-corrected chi connectivity index (χ4v) is 3.69. The number of benzene rings is 1. The first kappa shape index (κ1) is 16.5. The van der Waals surface area contributed by atoms with Crippen molar-refractivity contribution in [3.05, 3.63) is 65.2 Å². The third kappa shape index (κ3) is 3.36. The number of allylic oxidation sites excluding steroid dienone is 2. The molecule has 4 rings (SSSR count). The minimum Gasteiger partial charge on any atom is -0.302 e. The maximum atomic E-state index is 12.8. The quantitative estimate of drug-likeness (QED) is 0.691. The number of thiophene rings is 1. The molecule has 2 N–H and O–H groups in total. The molecule has 5 nitrogen and oxygen atoms in total. The Bertz CT molecular complexity index is 1010. The number of hydrazine groups is 1. The lowest BCUT2D eigenvalue weighted by Crippen LogP contribution is -2.37. The largest absolute Gasteiger partial charge is 0.302 e. The van der Waals surface area contributed by atoms with Crippen LogP contribution in [-0.2, 0) is 4.79 Å². The van der Waals surface area contributed by atoms with Crippen molar-refractivity contribution in [3.8, 4) is 10.6 Å². The molecular formula is C20H17N3O2S. The Hall–Kier alpha value is -2.99. The zero-order chi connectivity index (χ0) is 17.9. The number of nitrogens with zero attached hydrogens (tertiary/aromatic N) is 1. The monoisotopic (exact) mass is 363 g/mol. The molecule has 1 aliphatic carbocycles. The normalized spacial score (nSPS) is 14.2. The number of pyridine rings is 1. The number of rotatable bonds is 4. The third-order valence-corrected chi connectivity index (χ3v) is 5.17. The van der Waals surface area contributed by atoms with E-state index in [0.29, 0.717) is 12.0 Å². The molecule has 1 amide bonds. The fraction of sp³-hybridized carbons (Fsp3) is 0.150. The standard InChI is InChI=1S/C20H17N3O2S/c24-14-6-3-5-13(11-14)22-23-20(25)16-12-18(19-9-4-10-26-19)21-17-8-2-1-7-15(16)17/h1-2,4,7-12,22H,3,5-6H2,(H,23,25). The van der Waals surface area contributed by atoms with Crippen molar-refractivity contribution < 1.29 is 9.59 Å². The van der Waals surface area contributed by atoms with E-state index in [-0.39, 0.29) is 11.7 Å². The van der Waals surface area contributed by atoms with E-state index < -0.39 is 0 Å². The third-order valence-electron chi connectivity index (χ3n) is 4.28. The van der Waals surface area contributed by atoms with Crippen LogP contribution < -0.4 is 10.9 Å². The number of amides is 1. The van der Waals surface area contributed by atoms with Gasteiger partial charge in [-0.05, 0) is 36.4 Å². The summed E-state index contributed by atoms with van der Waals surface area (Å²) in [6, 6.07) is 13.3. The number of para-hydroxylation sites is 1. The second-order valence-corrected chi connectivity index (χ2v) is 7.07. The zero-order valence-electron chi connectivity index (χ0n) is 14.0. The molecule has 0 spiro atoms. The number of ketones is 1. The van der Waals surface area contributed by atoms with E-state index in [2.05, 4.69) is 15.8 Å². The zero-order valence-corrected chi connectivity index (χ0v) is 14.8. The van der Waals surface area contributed by atoms with Crippen LogP contribution in [0.3, 0.4) is 0 Å². The average Bonchev–Trinajstić information content (AvgIpc) is 3.20. The highest BCUT2D eigenvalue weighted by Gasteiger charge is 2.15. The second kappa shape index (κ2) is 7.09. The highest BCUT2D eigenvalue weighted by Crippen LogP contribution is 2.27. The van der Waals surface area contributed by atoms with Crippen LogP contribution in [-0.4, -0.2) is 16.7 Å². The first-order valence-corrected chi connectivity index (χ1v) is 9.32. The van der Waals surface area contributed by atoms with Gasteiger partial charge in [-0.15, -0.1) is 11.3 Å². The average molecular weight is 363 g/mol. The molecule has 1 aromatic carbocycles. The molecule has 2 aromatic heterocycles. The molecule has 0 fully saturated rings. The lowest BCUT2D eigenvalue weighted by molar-refractivity contribution is -0.115. The van der Waals surface area contributed by atoms with Crippen LogP contribution in [0.1, 0.15) is 29.6 Å². The summed E-state index contributed by atoms with van der Waals surface area (Å²) < 4.78 is 0. The van der Waals surface area contributed by atoms with Crippen LogP contribution in [0.2, 0.25) is 0 Å². The molecule has 6 heteroatoms. The molecular weight excluding hydrogens is 346 g/mol. The molecule has 0 radical (unpaired) electrons. The molecule has 0 unspecified atom stereocenters. The van der Waals surface area contributed by atoms with Gasteiger partial charge in [0.05, 0.1) is 21.7 Å². The van der Waals surface area contributed by atoms with E-state index in [4.69, 9.17) is 0 Å². The number of hydrogen-bond donors (Lipinski definition) is 2. The summed E-state index contributed by atoms with van der Waals surface area (Å²) in [7, 11) is 0. The molecule has 0 atom stereocenters. The number of aromatic nitrogens is 1. The van der Waals surface area contributed by atoms with E-state index in [1.54, 1.807) is 17.4 Å². The molecule has 0 aliphatic heterocycles. The lowest BCUT2D eigenvalue weighted by Gasteiger charge is -2.16. The Labute approximate surface area is 154 Å². The SMILES string of the molecule is O=C1C=C(NNC(=O)c2cc(-c3cccs3)nc3ccccc23)CCC1. The van der Waals surface area contributed by atoms with Gasteiger partial charge in [0.25, 0.3) is 5.91 Å². The van der Waals surface area contributed by atoms with Crippen LogP contribution >= 0.6 is 11.3 Å². The summed E-state index contributed by atoms with van der Waals surface area (Å²) in [6.07, 6.45) is 3.68. The van der Waals surface area contributed by atoms with E-state index in [9.17, 15) is 9.59 Å². The molecule has 0 saturated heterocycles. The summed E-state index contributed by atoms with van der Waals surface area (Å²) in [6.45, 7) is 0. The van der Waals surface area contributed by atoms with Gasteiger partial charge in [-0.3, -0.25) is 15.0 Å². The van der Waals surface area contributed by atoms with Gasteiger partial charge in [-0.2, -0.15) is 0 Å². The first-order chi connectivity index (χ1) is 12.7. The molecule has 0 bridgehead atoms. The van der Waals surface area contributed by atoms with Crippen LogP contribution in [0.15, 0.2) is 59.6 Å². The molecule has 0 saturated carbocycles. The summed E-state index contributed by atoms with van der Waals surface area (Å²) >= 11 is 1.58. The Morgan fingerprint density at radius 2 is 2.00 bits per heavy atom. The van der Waals surface area contributed by atoms with Crippen LogP contribution in [0.25, 0.3) is 21.5 Å². The number of nitrogens with one attached hydrogen (secondary N) is 2. The molecule has 1 aliphatic rings. The Balaban J connectivity index is 1.66. The highest BCUT2D eigenvalue weighted by molar-refractivity contribution is 7.13. The second-order valence-electron chi connectivity index (χ2n) is 6.12. The topological polar surface area (TPSA) is 71.1 Å². The minimum atomic E-state index is -0.250. The smallest absolute Gasteiger partial charge is 0.270 e. The maximum absolute atomic E-state index is 12.8. The van der Waals surface area contributed by atoms with Crippen LogP contribution in [0, 0.1) is 0 Å². The molecule has 3 aromatic rings. The van der Waals surface area contributed by atoms with Gasteiger partial charge in [-0.1, -0.05) is 24.3 Å². The van der Waals surface area contributed by atoms with Crippen molar-refractivity contribution in [1.82, 2.24) is 15.8 Å². The predicted octanol–water partition coefficient (Wildman–Crippen LogP) is 3.83. The van der Waals surface area contributed by atoms with Gasteiger partial charge in [0.15, 0.2) is 5.78 Å². The van der Waals surface area contributed by atoms with Gasteiger partial charge in [0.1, 0.15) is 0 Å². The van der Waals surface area contributed by atoms with E-state index in [1.165, 1.54) is 0 Å². The van der Waals surface area contributed by atoms with Crippen molar-refractivity contribution >= 4 is 33.9 Å². The lowest BCUT2D eigenvalue weighted by atomic mass is 10.0. The fourth-order valence-electron chi connectivity index (χ4n) is 3.01. The van der Waals surface area contributed by atoms with Crippen molar-refractivity contribution in [2.75, 3.05) is 0 Å².